The summed E-state index contributed by atoms with van der Waals surface area (Å²) in [7, 11) is 1.81. The van der Waals surface area contributed by atoms with Gasteiger partial charge in [0.05, 0.1) is 6.10 Å². The van der Waals surface area contributed by atoms with Crippen LogP contribution in [0.25, 0.3) is 0 Å². The van der Waals surface area contributed by atoms with Crippen LogP contribution in [0.3, 0.4) is 0 Å². The van der Waals surface area contributed by atoms with E-state index in [-0.39, 0.29) is 6.10 Å². The SMILES string of the molecule is CN=C(NCc1ccsc1)NCC1CCOC1c1ccccc1. The lowest BCUT2D eigenvalue weighted by molar-refractivity contribution is 0.0915. The molecule has 2 unspecified atom stereocenters. The van der Waals surface area contributed by atoms with Gasteiger partial charge in [0.1, 0.15) is 0 Å². The van der Waals surface area contributed by atoms with Gasteiger partial charge in [-0.15, -0.1) is 0 Å². The summed E-state index contributed by atoms with van der Waals surface area (Å²) in [5.74, 6) is 1.31. The summed E-state index contributed by atoms with van der Waals surface area (Å²) >= 11 is 1.71. The summed E-state index contributed by atoms with van der Waals surface area (Å²) in [6.07, 6.45) is 1.26. The molecule has 5 heteroatoms. The van der Waals surface area contributed by atoms with Crippen molar-refractivity contribution in [3.8, 4) is 0 Å². The number of nitrogens with zero attached hydrogens (tertiary/aromatic N) is 1. The van der Waals surface area contributed by atoms with Crippen LogP contribution in [0, 0.1) is 5.92 Å². The van der Waals surface area contributed by atoms with Gasteiger partial charge in [-0.3, -0.25) is 4.99 Å². The Hall–Kier alpha value is -1.85. The molecule has 4 nitrogen and oxygen atoms in total. The van der Waals surface area contributed by atoms with Crippen LogP contribution in [0.1, 0.15) is 23.7 Å². The molecule has 1 aromatic heterocycles. The van der Waals surface area contributed by atoms with E-state index in [9.17, 15) is 0 Å². The van der Waals surface area contributed by atoms with Crippen molar-refractivity contribution in [1.29, 1.82) is 0 Å². The quantitative estimate of drug-likeness (QED) is 0.654. The van der Waals surface area contributed by atoms with Crippen molar-refractivity contribution in [2.24, 2.45) is 10.9 Å². The number of ether oxygens (including phenoxy) is 1. The molecular weight excluding hydrogens is 306 g/mol. The first kappa shape index (κ1) is 16.0. The fourth-order valence-electron chi connectivity index (χ4n) is 2.88. The predicted octanol–water partition coefficient (Wildman–Crippen LogP) is 3.19. The highest BCUT2D eigenvalue weighted by molar-refractivity contribution is 7.07. The molecule has 1 saturated heterocycles. The second-order valence-electron chi connectivity index (χ2n) is 5.69. The van der Waals surface area contributed by atoms with Crippen molar-refractivity contribution in [1.82, 2.24) is 10.6 Å². The molecule has 0 radical (unpaired) electrons. The normalized spacial score (nSPS) is 21.3. The lowest BCUT2D eigenvalue weighted by atomic mass is 9.95. The number of aliphatic imine (C=N–C) groups is 1. The maximum atomic E-state index is 5.94. The molecule has 0 bridgehead atoms. The van der Waals surface area contributed by atoms with E-state index in [1.54, 1.807) is 11.3 Å². The summed E-state index contributed by atoms with van der Waals surface area (Å²) in [4.78, 5) is 4.30. The summed E-state index contributed by atoms with van der Waals surface area (Å²) in [5, 5.41) is 11.0. The standard InChI is InChI=1S/C18H23N3OS/c1-19-18(20-11-14-8-10-23-13-14)21-12-16-7-9-22-17(16)15-5-3-2-4-6-15/h2-6,8,10,13,16-17H,7,9,11-12H2,1H3,(H2,19,20,21). The summed E-state index contributed by atoms with van der Waals surface area (Å²) in [6, 6.07) is 12.6. The Morgan fingerprint density at radius 1 is 1.26 bits per heavy atom. The van der Waals surface area contributed by atoms with Gasteiger partial charge in [-0.1, -0.05) is 30.3 Å². The first-order valence-corrected chi connectivity index (χ1v) is 8.93. The van der Waals surface area contributed by atoms with Gasteiger partial charge in [0, 0.05) is 32.7 Å². The van der Waals surface area contributed by atoms with Crippen LogP contribution in [0.4, 0.5) is 0 Å². The third kappa shape index (κ3) is 4.33. The Bertz CT molecular complexity index is 612. The van der Waals surface area contributed by atoms with Crippen LogP contribution < -0.4 is 10.6 Å². The molecule has 1 aliphatic rings. The molecule has 0 spiro atoms. The van der Waals surface area contributed by atoms with Gasteiger partial charge in [0.2, 0.25) is 0 Å². The maximum absolute atomic E-state index is 5.94. The van der Waals surface area contributed by atoms with Gasteiger partial charge in [0.25, 0.3) is 0 Å². The Kier molecular flexibility index (Phi) is 5.66. The number of thiophene rings is 1. The Balaban J connectivity index is 1.52. The van der Waals surface area contributed by atoms with Crippen molar-refractivity contribution >= 4 is 17.3 Å². The monoisotopic (exact) mass is 329 g/mol. The molecule has 2 heterocycles. The molecule has 1 aliphatic heterocycles. The zero-order valence-electron chi connectivity index (χ0n) is 13.4. The fraction of sp³-hybridized carbons (Fsp3) is 0.389. The average Bonchev–Trinajstić information content (AvgIpc) is 3.27. The van der Waals surface area contributed by atoms with E-state index in [1.165, 1.54) is 11.1 Å². The number of rotatable bonds is 5. The minimum absolute atomic E-state index is 0.179. The van der Waals surface area contributed by atoms with Crippen molar-refractivity contribution in [3.63, 3.8) is 0 Å². The Morgan fingerprint density at radius 3 is 2.87 bits per heavy atom. The largest absolute Gasteiger partial charge is 0.373 e. The Morgan fingerprint density at radius 2 is 2.13 bits per heavy atom. The second-order valence-corrected chi connectivity index (χ2v) is 6.47. The van der Waals surface area contributed by atoms with E-state index in [2.05, 4.69) is 56.7 Å². The minimum Gasteiger partial charge on any atom is -0.373 e. The molecule has 0 saturated carbocycles. The Labute approximate surface area is 141 Å². The van der Waals surface area contributed by atoms with E-state index in [4.69, 9.17) is 4.74 Å². The van der Waals surface area contributed by atoms with Gasteiger partial charge in [0.15, 0.2) is 5.96 Å². The number of hydrogen-bond donors (Lipinski definition) is 2. The van der Waals surface area contributed by atoms with Crippen molar-refractivity contribution in [3.05, 3.63) is 58.3 Å². The van der Waals surface area contributed by atoms with Crippen LogP contribution in [-0.4, -0.2) is 26.2 Å². The van der Waals surface area contributed by atoms with Crippen molar-refractivity contribution in [2.45, 2.75) is 19.1 Å². The molecule has 0 aliphatic carbocycles. The molecule has 2 N–H and O–H groups in total. The van der Waals surface area contributed by atoms with Gasteiger partial charge in [-0.2, -0.15) is 11.3 Å². The number of benzene rings is 1. The van der Waals surface area contributed by atoms with E-state index in [0.29, 0.717) is 5.92 Å². The lowest BCUT2D eigenvalue weighted by Crippen LogP contribution is -2.39. The van der Waals surface area contributed by atoms with Gasteiger partial charge < -0.3 is 15.4 Å². The molecule has 1 aromatic carbocycles. The highest BCUT2D eigenvalue weighted by Crippen LogP contribution is 2.33. The number of hydrogen-bond acceptors (Lipinski definition) is 3. The van der Waals surface area contributed by atoms with Gasteiger partial charge >= 0.3 is 0 Å². The zero-order chi connectivity index (χ0) is 15.9. The topological polar surface area (TPSA) is 45.7 Å². The van der Waals surface area contributed by atoms with Gasteiger partial charge in [-0.25, -0.2) is 0 Å². The van der Waals surface area contributed by atoms with Crippen LogP contribution in [0.5, 0.6) is 0 Å². The molecular formula is C18H23N3OS. The van der Waals surface area contributed by atoms with Crippen molar-refractivity contribution in [2.75, 3.05) is 20.2 Å². The van der Waals surface area contributed by atoms with E-state index in [1.807, 2.05) is 13.1 Å². The molecule has 1 fully saturated rings. The minimum atomic E-state index is 0.179. The third-order valence-electron chi connectivity index (χ3n) is 4.14. The number of guanidine groups is 1. The van der Waals surface area contributed by atoms with Gasteiger partial charge in [-0.05, 0) is 34.4 Å². The third-order valence-corrected chi connectivity index (χ3v) is 4.87. The highest BCUT2D eigenvalue weighted by atomic mass is 32.1. The van der Waals surface area contributed by atoms with E-state index >= 15 is 0 Å². The lowest BCUT2D eigenvalue weighted by Gasteiger charge is -2.20. The molecule has 23 heavy (non-hydrogen) atoms. The van der Waals surface area contributed by atoms with E-state index in [0.717, 1.165) is 32.1 Å². The maximum Gasteiger partial charge on any atom is 0.191 e. The van der Waals surface area contributed by atoms with Crippen LogP contribution in [0.15, 0.2) is 52.2 Å². The number of nitrogens with one attached hydrogen (secondary N) is 2. The highest BCUT2D eigenvalue weighted by Gasteiger charge is 2.29. The second kappa shape index (κ2) is 8.13. The molecule has 2 aromatic rings. The molecule has 122 valence electrons. The zero-order valence-corrected chi connectivity index (χ0v) is 14.2. The van der Waals surface area contributed by atoms with Crippen LogP contribution in [-0.2, 0) is 11.3 Å². The first-order chi connectivity index (χ1) is 11.4. The van der Waals surface area contributed by atoms with Crippen molar-refractivity contribution < 1.29 is 4.74 Å². The van der Waals surface area contributed by atoms with E-state index < -0.39 is 0 Å². The smallest absolute Gasteiger partial charge is 0.191 e. The predicted molar refractivity (Wildman–Crippen MR) is 95.8 cm³/mol. The molecule has 2 atom stereocenters. The first-order valence-electron chi connectivity index (χ1n) is 7.99. The molecule has 3 rings (SSSR count). The van der Waals surface area contributed by atoms with Crippen LogP contribution in [0.2, 0.25) is 0 Å². The summed E-state index contributed by atoms with van der Waals surface area (Å²) in [5.41, 5.74) is 2.54. The fourth-order valence-corrected chi connectivity index (χ4v) is 3.55. The average molecular weight is 329 g/mol. The molecule has 0 amide bonds. The van der Waals surface area contributed by atoms with Crippen LogP contribution >= 0.6 is 11.3 Å². The summed E-state index contributed by atoms with van der Waals surface area (Å²) < 4.78 is 5.94. The summed E-state index contributed by atoms with van der Waals surface area (Å²) in [6.45, 7) is 2.49.